The monoisotopic (exact) mass is 381 g/mol. The number of hydrogen-bond acceptors (Lipinski definition) is 3. The summed E-state index contributed by atoms with van der Waals surface area (Å²) < 4.78 is 40.1. The Morgan fingerprint density at radius 1 is 0.889 bits per heavy atom. The van der Waals surface area contributed by atoms with E-state index in [1.807, 2.05) is 6.07 Å². The normalized spacial score (nSPS) is 10.9. The topological polar surface area (TPSA) is 79.5 Å². The number of hydrogen-bond donors (Lipinski definition) is 3. The van der Waals surface area contributed by atoms with Crippen LogP contribution in [0.2, 0.25) is 0 Å². The van der Waals surface area contributed by atoms with Gasteiger partial charge in [-0.1, -0.05) is 18.2 Å². The van der Waals surface area contributed by atoms with E-state index in [0.29, 0.717) is 16.9 Å². The highest BCUT2D eigenvalue weighted by molar-refractivity contribution is 6.00. The van der Waals surface area contributed by atoms with Gasteiger partial charge in [-0.25, -0.2) is 4.79 Å². The summed E-state index contributed by atoms with van der Waals surface area (Å²) >= 11 is 0. The molecule has 3 N–H and O–H groups in total. The Morgan fingerprint density at radius 3 is 2.07 bits per heavy atom. The second kappa shape index (κ2) is 9.58. The second-order valence-corrected chi connectivity index (χ2v) is 5.45. The van der Waals surface area contributed by atoms with Crippen molar-refractivity contribution < 1.29 is 27.5 Å². The second-order valence-electron chi connectivity index (χ2n) is 5.45. The number of para-hydroxylation sites is 1. The molecule has 0 aliphatic heterocycles. The fourth-order valence-corrected chi connectivity index (χ4v) is 2.05. The zero-order valence-electron chi connectivity index (χ0n) is 14.2. The molecule has 0 saturated carbocycles. The molecule has 144 valence electrons. The summed E-state index contributed by atoms with van der Waals surface area (Å²) in [7, 11) is 0. The van der Waals surface area contributed by atoms with Crippen LogP contribution in [0.15, 0.2) is 54.6 Å². The number of nitrogens with one attached hydrogen (secondary N) is 3. The first-order valence-corrected chi connectivity index (χ1v) is 7.99. The lowest BCUT2D eigenvalue weighted by molar-refractivity contribution is -0.173. The van der Waals surface area contributed by atoms with Crippen LogP contribution in [0.3, 0.4) is 0 Å². The number of carbonyl (C=O) groups excluding carboxylic acids is 2. The van der Waals surface area contributed by atoms with E-state index in [4.69, 9.17) is 0 Å². The van der Waals surface area contributed by atoms with Crippen molar-refractivity contribution in [3.63, 3.8) is 0 Å². The van der Waals surface area contributed by atoms with Crippen LogP contribution in [0.1, 0.15) is 10.4 Å². The van der Waals surface area contributed by atoms with Crippen molar-refractivity contribution in [3.8, 4) is 0 Å². The maximum atomic E-state index is 11.9. The van der Waals surface area contributed by atoms with Gasteiger partial charge in [-0.15, -0.1) is 0 Å². The van der Waals surface area contributed by atoms with Gasteiger partial charge >= 0.3 is 12.2 Å². The van der Waals surface area contributed by atoms with Crippen LogP contribution in [0.4, 0.5) is 29.3 Å². The Balaban J connectivity index is 1.75. The summed E-state index contributed by atoms with van der Waals surface area (Å²) in [4.78, 5) is 23.8. The summed E-state index contributed by atoms with van der Waals surface area (Å²) in [6, 6.07) is 14.5. The number of alkyl halides is 3. The molecule has 6 nitrogen and oxygen atoms in total. The molecule has 0 spiro atoms. The summed E-state index contributed by atoms with van der Waals surface area (Å²) in [6.07, 6.45) is -4.39. The van der Waals surface area contributed by atoms with Crippen LogP contribution < -0.4 is 16.0 Å². The van der Waals surface area contributed by atoms with Crippen molar-refractivity contribution >= 4 is 23.3 Å². The van der Waals surface area contributed by atoms with Gasteiger partial charge in [-0.2, -0.15) is 13.2 Å². The lowest BCUT2D eigenvalue weighted by Crippen LogP contribution is -2.28. The average molecular weight is 381 g/mol. The number of anilines is 2. The van der Waals surface area contributed by atoms with Gasteiger partial charge < -0.3 is 20.7 Å². The Morgan fingerprint density at radius 2 is 1.48 bits per heavy atom. The van der Waals surface area contributed by atoms with Gasteiger partial charge in [-0.3, -0.25) is 4.79 Å². The molecule has 0 saturated heterocycles. The van der Waals surface area contributed by atoms with E-state index in [9.17, 15) is 22.8 Å². The highest BCUT2D eigenvalue weighted by Crippen LogP contribution is 2.14. The fraction of sp³-hybridized carbons (Fsp3) is 0.222. The van der Waals surface area contributed by atoms with Crippen molar-refractivity contribution in [2.24, 2.45) is 0 Å². The Labute approximate surface area is 153 Å². The summed E-state index contributed by atoms with van der Waals surface area (Å²) in [5, 5.41) is 7.72. The number of urea groups is 1. The van der Waals surface area contributed by atoms with Crippen molar-refractivity contribution in [1.29, 1.82) is 0 Å². The molecule has 0 aromatic heterocycles. The summed E-state index contributed by atoms with van der Waals surface area (Å²) in [5.41, 5.74) is 1.42. The minimum Gasteiger partial charge on any atom is -0.370 e. The van der Waals surface area contributed by atoms with E-state index in [1.54, 1.807) is 36.4 Å². The van der Waals surface area contributed by atoms with Crippen LogP contribution in [-0.2, 0) is 4.74 Å². The van der Waals surface area contributed by atoms with Gasteiger partial charge in [0, 0.05) is 23.5 Å². The van der Waals surface area contributed by atoms with E-state index in [2.05, 4.69) is 20.7 Å². The molecule has 2 aromatic rings. The summed E-state index contributed by atoms with van der Waals surface area (Å²) in [6.45, 7) is -1.65. The maximum absolute atomic E-state index is 11.9. The largest absolute Gasteiger partial charge is 0.411 e. The van der Waals surface area contributed by atoms with E-state index < -0.39 is 24.7 Å². The number of halogens is 3. The molecule has 0 aliphatic rings. The average Bonchev–Trinajstić information content (AvgIpc) is 2.61. The quantitative estimate of drug-likeness (QED) is 0.641. The predicted molar refractivity (Wildman–Crippen MR) is 94.7 cm³/mol. The van der Waals surface area contributed by atoms with Crippen LogP contribution >= 0.6 is 0 Å². The lowest BCUT2D eigenvalue weighted by atomic mass is 10.2. The van der Waals surface area contributed by atoms with Crippen molar-refractivity contribution in [2.75, 3.05) is 30.4 Å². The van der Waals surface area contributed by atoms with Gasteiger partial charge in [0.1, 0.15) is 6.61 Å². The third kappa shape index (κ3) is 7.78. The van der Waals surface area contributed by atoms with Crippen molar-refractivity contribution in [3.05, 3.63) is 60.2 Å². The number of rotatable bonds is 7. The first-order chi connectivity index (χ1) is 12.8. The number of ether oxygens (including phenoxy) is 1. The van der Waals surface area contributed by atoms with E-state index >= 15 is 0 Å². The molecule has 0 heterocycles. The van der Waals surface area contributed by atoms with Gasteiger partial charge in [-0.05, 0) is 36.4 Å². The van der Waals surface area contributed by atoms with Crippen molar-refractivity contribution in [1.82, 2.24) is 5.32 Å². The van der Waals surface area contributed by atoms with Crippen LogP contribution in [0, 0.1) is 0 Å². The molecule has 2 rings (SSSR count). The lowest BCUT2D eigenvalue weighted by Gasteiger charge is -2.10. The smallest absolute Gasteiger partial charge is 0.370 e. The molecule has 0 aliphatic carbocycles. The number of benzene rings is 2. The molecular weight excluding hydrogens is 363 g/mol. The molecule has 9 heteroatoms. The molecule has 2 aromatic carbocycles. The highest BCUT2D eigenvalue weighted by Gasteiger charge is 2.27. The highest BCUT2D eigenvalue weighted by atomic mass is 19.4. The van der Waals surface area contributed by atoms with Crippen LogP contribution in [0.5, 0.6) is 0 Å². The van der Waals surface area contributed by atoms with Crippen LogP contribution in [0.25, 0.3) is 0 Å². The minimum absolute atomic E-state index is 0.0472. The molecule has 0 bridgehead atoms. The van der Waals surface area contributed by atoms with Gasteiger partial charge in [0.15, 0.2) is 0 Å². The minimum atomic E-state index is -4.39. The van der Waals surface area contributed by atoms with E-state index in [1.165, 1.54) is 12.1 Å². The molecule has 3 amide bonds. The molecule has 0 fully saturated rings. The predicted octanol–water partition coefficient (Wildman–Crippen LogP) is 3.64. The molecule has 0 unspecified atom stereocenters. The number of amides is 3. The van der Waals surface area contributed by atoms with Crippen LogP contribution in [-0.4, -0.2) is 37.9 Å². The van der Waals surface area contributed by atoms with E-state index in [0.717, 1.165) is 0 Å². The van der Waals surface area contributed by atoms with Gasteiger partial charge in [0.05, 0.1) is 6.61 Å². The first kappa shape index (κ1) is 20.2. The third-order valence-corrected chi connectivity index (χ3v) is 3.23. The molecule has 0 atom stereocenters. The van der Waals surface area contributed by atoms with Gasteiger partial charge in [0.25, 0.3) is 5.91 Å². The first-order valence-electron chi connectivity index (χ1n) is 7.99. The SMILES string of the molecule is O=C(Nc1ccccc1)Nc1ccc(C(=O)NCCOCC(F)(F)F)cc1. The van der Waals surface area contributed by atoms with E-state index in [-0.39, 0.29) is 13.2 Å². The Kier molecular flexibility index (Phi) is 7.18. The summed E-state index contributed by atoms with van der Waals surface area (Å²) in [5.74, 6) is -0.453. The fourth-order valence-electron chi connectivity index (χ4n) is 2.05. The maximum Gasteiger partial charge on any atom is 0.411 e. The van der Waals surface area contributed by atoms with Gasteiger partial charge in [0.2, 0.25) is 0 Å². The zero-order chi connectivity index (χ0) is 19.7. The Bertz CT molecular complexity index is 750. The standard InChI is InChI=1S/C18H18F3N3O3/c19-18(20,21)12-27-11-10-22-16(25)13-6-8-15(9-7-13)24-17(26)23-14-4-2-1-3-5-14/h1-9H,10-12H2,(H,22,25)(H2,23,24,26). The molecule has 0 radical (unpaired) electrons. The third-order valence-electron chi connectivity index (χ3n) is 3.23. The zero-order valence-corrected chi connectivity index (χ0v) is 14.2. The number of carbonyl (C=O) groups is 2. The Hall–Kier alpha value is -3.07. The van der Waals surface area contributed by atoms with Crippen molar-refractivity contribution in [2.45, 2.75) is 6.18 Å². The molecular formula is C18H18F3N3O3. The molecule has 27 heavy (non-hydrogen) atoms.